The van der Waals surface area contributed by atoms with Crippen LogP contribution in [-0.4, -0.2) is 88.8 Å². The molecule has 0 aliphatic carbocycles. The fourth-order valence-electron chi connectivity index (χ4n) is 4.02. The van der Waals surface area contributed by atoms with Crippen molar-refractivity contribution in [3.63, 3.8) is 0 Å². The number of tetrazole rings is 1. The Morgan fingerprint density at radius 3 is 2.54 bits per heavy atom. The highest BCUT2D eigenvalue weighted by molar-refractivity contribution is 7.88. The van der Waals surface area contributed by atoms with Crippen molar-refractivity contribution in [2.75, 3.05) is 39.0 Å². The predicted molar refractivity (Wildman–Crippen MR) is 129 cm³/mol. The number of carbonyl (C=O) groups excluding carboxylic acids is 1. The summed E-state index contributed by atoms with van der Waals surface area (Å²) in [6.45, 7) is 4.51. The van der Waals surface area contributed by atoms with Gasteiger partial charge in [0, 0.05) is 49.9 Å². The summed E-state index contributed by atoms with van der Waals surface area (Å²) < 4.78 is 39.9. The van der Waals surface area contributed by atoms with Gasteiger partial charge in [-0.05, 0) is 59.3 Å². The van der Waals surface area contributed by atoms with Crippen molar-refractivity contribution in [3.8, 4) is 16.8 Å². The number of aromatic nitrogens is 4. The quantitative estimate of drug-likeness (QED) is 0.504. The van der Waals surface area contributed by atoms with Crippen LogP contribution in [0.2, 0.25) is 5.02 Å². The van der Waals surface area contributed by atoms with E-state index in [9.17, 15) is 17.6 Å². The molecule has 13 heteroatoms. The zero-order valence-electron chi connectivity index (χ0n) is 19.2. The van der Waals surface area contributed by atoms with Crippen LogP contribution in [0, 0.1) is 5.82 Å². The topological polar surface area (TPSA) is 113 Å². The molecule has 1 amide bonds. The smallest absolute Gasteiger partial charge is 0.251 e. The largest absolute Gasteiger partial charge is 0.348 e. The summed E-state index contributed by atoms with van der Waals surface area (Å²) in [7, 11) is -3.20. The minimum atomic E-state index is -3.20. The van der Waals surface area contributed by atoms with E-state index in [4.69, 9.17) is 11.6 Å². The van der Waals surface area contributed by atoms with Crippen LogP contribution >= 0.6 is 11.6 Å². The van der Waals surface area contributed by atoms with Crippen molar-refractivity contribution in [1.82, 2.24) is 34.7 Å². The van der Waals surface area contributed by atoms with Crippen LogP contribution in [0.4, 0.5) is 4.39 Å². The molecule has 1 aromatic heterocycles. The molecule has 0 spiro atoms. The molecule has 186 valence electrons. The lowest BCUT2D eigenvalue weighted by atomic mass is 10.0. The van der Waals surface area contributed by atoms with Crippen molar-refractivity contribution in [2.24, 2.45) is 0 Å². The number of rotatable bonds is 7. The van der Waals surface area contributed by atoms with Gasteiger partial charge in [0.25, 0.3) is 5.91 Å². The molecule has 2 heterocycles. The average molecular weight is 522 g/mol. The molecule has 1 saturated heterocycles. The first kappa shape index (κ1) is 25.2. The maximum absolute atomic E-state index is 13.6. The maximum atomic E-state index is 13.6. The van der Waals surface area contributed by atoms with Crippen LogP contribution in [0.3, 0.4) is 0 Å². The number of hydrogen-bond acceptors (Lipinski definition) is 7. The number of sulfonamides is 1. The van der Waals surface area contributed by atoms with Crippen LogP contribution in [0.5, 0.6) is 0 Å². The summed E-state index contributed by atoms with van der Waals surface area (Å²) in [6.07, 6.45) is 2.62. The van der Waals surface area contributed by atoms with Crippen molar-refractivity contribution >= 4 is 27.5 Å². The molecular weight excluding hydrogens is 497 g/mol. The molecule has 1 atom stereocenters. The number of piperazine rings is 1. The van der Waals surface area contributed by atoms with E-state index in [0.717, 1.165) is 0 Å². The summed E-state index contributed by atoms with van der Waals surface area (Å²) in [5.41, 5.74) is 2.08. The molecule has 0 radical (unpaired) electrons. The first-order chi connectivity index (χ1) is 16.6. The first-order valence-corrected chi connectivity index (χ1v) is 13.1. The van der Waals surface area contributed by atoms with Gasteiger partial charge >= 0.3 is 0 Å². The van der Waals surface area contributed by atoms with Gasteiger partial charge in [-0.3, -0.25) is 9.69 Å². The molecule has 0 saturated carbocycles. The molecular formula is C22H25ClFN7O3S. The van der Waals surface area contributed by atoms with E-state index >= 15 is 0 Å². The molecule has 1 aliphatic heterocycles. The SMILES string of the molecule is CC(CN1CCN(S(C)(=O)=O)CC1)NC(=O)c1cc(-c2ccc(F)cc2Cl)cc(-n2cnnn2)c1. The first-order valence-electron chi connectivity index (χ1n) is 10.9. The molecule has 0 bridgehead atoms. The number of hydrogen-bond donors (Lipinski definition) is 1. The molecule has 3 aromatic rings. The minimum absolute atomic E-state index is 0.193. The van der Waals surface area contributed by atoms with Gasteiger partial charge in [0.05, 0.1) is 17.0 Å². The number of nitrogens with zero attached hydrogens (tertiary/aromatic N) is 6. The number of carbonyl (C=O) groups is 1. The summed E-state index contributed by atoms with van der Waals surface area (Å²) in [6, 6.07) is 8.97. The molecule has 4 rings (SSSR count). The Balaban J connectivity index is 1.51. The highest BCUT2D eigenvalue weighted by Crippen LogP contribution is 2.31. The minimum Gasteiger partial charge on any atom is -0.348 e. The van der Waals surface area contributed by atoms with E-state index in [2.05, 4.69) is 25.7 Å². The standard InChI is InChI=1S/C22H25ClFN7O3S/c1-15(13-29-5-7-30(8-6-29)35(2,33)34)26-22(32)17-9-16(20-4-3-18(24)12-21(20)23)10-19(11-17)31-14-25-27-28-31/h3-4,9-12,14-15H,5-8,13H2,1-2H3,(H,26,32). The lowest BCUT2D eigenvalue weighted by molar-refractivity contribution is 0.0922. The fraction of sp³-hybridized carbons (Fsp3) is 0.364. The second-order valence-electron chi connectivity index (χ2n) is 8.48. The monoisotopic (exact) mass is 521 g/mol. The Kier molecular flexibility index (Phi) is 7.45. The van der Waals surface area contributed by atoms with E-state index < -0.39 is 15.8 Å². The zero-order valence-corrected chi connectivity index (χ0v) is 20.8. The third-order valence-corrected chi connectivity index (χ3v) is 7.36. The van der Waals surface area contributed by atoms with Gasteiger partial charge in [0.1, 0.15) is 12.1 Å². The Hall–Kier alpha value is -2.93. The van der Waals surface area contributed by atoms with E-state index in [-0.39, 0.29) is 17.0 Å². The summed E-state index contributed by atoms with van der Waals surface area (Å²) in [5.74, 6) is -0.763. The molecule has 1 fully saturated rings. The average Bonchev–Trinajstić information content (AvgIpc) is 3.33. The molecule has 1 unspecified atom stereocenters. The Bertz CT molecular complexity index is 1310. The summed E-state index contributed by atoms with van der Waals surface area (Å²) >= 11 is 6.27. The van der Waals surface area contributed by atoms with Gasteiger partial charge in [0.2, 0.25) is 10.0 Å². The second-order valence-corrected chi connectivity index (χ2v) is 10.9. The highest BCUT2D eigenvalue weighted by atomic mass is 35.5. The third kappa shape index (κ3) is 6.20. The Morgan fingerprint density at radius 2 is 1.91 bits per heavy atom. The van der Waals surface area contributed by atoms with Crippen LogP contribution in [0.15, 0.2) is 42.7 Å². The number of halogens is 2. The van der Waals surface area contributed by atoms with E-state index in [1.165, 1.54) is 33.7 Å². The number of nitrogens with one attached hydrogen (secondary N) is 1. The molecule has 10 nitrogen and oxygen atoms in total. The molecule has 1 aliphatic rings. The predicted octanol–water partition coefficient (Wildman–Crippen LogP) is 1.82. The zero-order chi connectivity index (χ0) is 25.2. The van der Waals surface area contributed by atoms with E-state index in [0.29, 0.717) is 55.1 Å². The fourth-order valence-corrected chi connectivity index (χ4v) is 5.12. The lowest BCUT2D eigenvalue weighted by Gasteiger charge is -2.34. The molecule has 2 aromatic carbocycles. The Labute approximate surface area is 207 Å². The maximum Gasteiger partial charge on any atom is 0.251 e. The van der Waals surface area contributed by atoms with Gasteiger partial charge in [-0.25, -0.2) is 17.5 Å². The van der Waals surface area contributed by atoms with Crippen LogP contribution < -0.4 is 5.32 Å². The third-order valence-electron chi connectivity index (χ3n) is 5.75. The van der Waals surface area contributed by atoms with Gasteiger partial charge in [-0.1, -0.05) is 11.6 Å². The summed E-state index contributed by atoms with van der Waals surface area (Å²) in [5, 5.41) is 14.4. The lowest BCUT2D eigenvalue weighted by Crippen LogP contribution is -2.51. The van der Waals surface area contributed by atoms with Crippen LogP contribution in [0.25, 0.3) is 16.8 Å². The van der Waals surface area contributed by atoms with Crippen molar-refractivity contribution < 1.29 is 17.6 Å². The van der Waals surface area contributed by atoms with Gasteiger partial charge in [0.15, 0.2) is 0 Å². The molecule has 35 heavy (non-hydrogen) atoms. The summed E-state index contributed by atoms with van der Waals surface area (Å²) in [4.78, 5) is 15.3. The normalized spacial score (nSPS) is 16.2. The van der Waals surface area contributed by atoms with Gasteiger partial charge < -0.3 is 5.32 Å². The van der Waals surface area contributed by atoms with Crippen LogP contribution in [0.1, 0.15) is 17.3 Å². The van der Waals surface area contributed by atoms with Gasteiger partial charge in [-0.15, -0.1) is 5.10 Å². The Morgan fingerprint density at radius 1 is 1.17 bits per heavy atom. The molecule has 1 N–H and O–H groups in total. The van der Waals surface area contributed by atoms with E-state index in [1.807, 2.05) is 6.92 Å². The number of amides is 1. The van der Waals surface area contributed by atoms with E-state index in [1.54, 1.807) is 24.3 Å². The van der Waals surface area contributed by atoms with Crippen LogP contribution in [-0.2, 0) is 10.0 Å². The van der Waals surface area contributed by atoms with Crippen molar-refractivity contribution in [1.29, 1.82) is 0 Å². The van der Waals surface area contributed by atoms with Crippen molar-refractivity contribution in [2.45, 2.75) is 13.0 Å². The second kappa shape index (κ2) is 10.4. The number of benzene rings is 2. The van der Waals surface area contributed by atoms with Gasteiger partial charge in [-0.2, -0.15) is 4.31 Å². The highest BCUT2D eigenvalue weighted by Gasteiger charge is 2.24. The van der Waals surface area contributed by atoms with Crippen molar-refractivity contribution in [3.05, 3.63) is 59.1 Å².